The summed E-state index contributed by atoms with van der Waals surface area (Å²) in [6.45, 7) is 4.59. The van der Waals surface area contributed by atoms with E-state index in [1.54, 1.807) is 41.8 Å². The topological polar surface area (TPSA) is 49.4 Å². The Hall–Kier alpha value is -1.69. The summed E-state index contributed by atoms with van der Waals surface area (Å²) in [5.74, 6) is 0.350. The van der Waals surface area contributed by atoms with Crippen LogP contribution >= 0.6 is 35.0 Å². The summed E-state index contributed by atoms with van der Waals surface area (Å²) in [5, 5.41) is 3.88. The van der Waals surface area contributed by atoms with Gasteiger partial charge in [-0.3, -0.25) is 9.59 Å². The van der Waals surface area contributed by atoms with Crippen molar-refractivity contribution in [1.29, 1.82) is 0 Å². The van der Waals surface area contributed by atoms with Gasteiger partial charge in [-0.05, 0) is 37.6 Å². The van der Waals surface area contributed by atoms with Gasteiger partial charge >= 0.3 is 0 Å². The van der Waals surface area contributed by atoms with Crippen molar-refractivity contribution in [3.05, 3.63) is 64.1 Å². The SMILES string of the molecule is CCCCNC(=O)[C@@H](C)N(Cc1c(Cl)cccc1Cl)C(=O)CCSc1ccccc1. The minimum atomic E-state index is -0.622. The summed E-state index contributed by atoms with van der Waals surface area (Å²) < 4.78 is 0. The highest BCUT2D eigenvalue weighted by Crippen LogP contribution is 2.27. The van der Waals surface area contributed by atoms with E-state index in [0.29, 0.717) is 34.3 Å². The highest BCUT2D eigenvalue weighted by Gasteiger charge is 2.27. The lowest BCUT2D eigenvalue weighted by molar-refractivity contribution is -0.140. The van der Waals surface area contributed by atoms with Crippen LogP contribution < -0.4 is 5.32 Å². The van der Waals surface area contributed by atoms with E-state index in [2.05, 4.69) is 12.2 Å². The molecule has 0 spiro atoms. The van der Waals surface area contributed by atoms with Crippen LogP contribution in [0.3, 0.4) is 0 Å². The van der Waals surface area contributed by atoms with E-state index >= 15 is 0 Å². The van der Waals surface area contributed by atoms with Gasteiger partial charge in [0.05, 0.1) is 0 Å². The number of halogens is 2. The molecule has 0 heterocycles. The second kappa shape index (κ2) is 12.9. The molecule has 2 aromatic carbocycles. The predicted molar refractivity (Wildman–Crippen MR) is 126 cm³/mol. The van der Waals surface area contributed by atoms with Crippen molar-refractivity contribution < 1.29 is 9.59 Å². The summed E-state index contributed by atoms with van der Waals surface area (Å²) in [4.78, 5) is 28.4. The van der Waals surface area contributed by atoms with Gasteiger partial charge in [0, 0.05) is 45.8 Å². The fraction of sp³-hybridized carbons (Fsp3) is 0.391. The molecule has 0 saturated heterocycles. The fourth-order valence-corrected chi connectivity index (χ4v) is 4.27. The van der Waals surface area contributed by atoms with E-state index in [4.69, 9.17) is 23.2 Å². The minimum Gasteiger partial charge on any atom is -0.354 e. The highest BCUT2D eigenvalue weighted by molar-refractivity contribution is 7.99. The van der Waals surface area contributed by atoms with E-state index < -0.39 is 6.04 Å². The second-order valence-corrected chi connectivity index (χ2v) is 8.94. The van der Waals surface area contributed by atoms with Crippen molar-refractivity contribution in [2.24, 2.45) is 0 Å². The van der Waals surface area contributed by atoms with Crippen molar-refractivity contribution in [2.75, 3.05) is 12.3 Å². The second-order valence-electron chi connectivity index (χ2n) is 6.95. The maximum Gasteiger partial charge on any atom is 0.242 e. The molecule has 162 valence electrons. The van der Waals surface area contributed by atoms with Gasteiger partial charge in [-0.2, -0.15) is 0 Å². The van der Waals surface area contributed by atoms with Gasteiger partial charge in [-0.15, -0.1) is 11.8 Å². The first-order valence-corrected chi connectivity index (χ1v) is 11.9. The number of hydrogen-bond donors (Lipinski definition) is 1. The third-order valence-corrected chi connectivity index (χ3v) is 6.44. The molecule has 0 aliphatic rings. The molecule has 7 heteroatoms. The van der Waals surface area contributed by atoms with Crippen molar-refractivity contribution in [1.82, 2.24) is 10.2 Å². The van der Waals surface area contributed by atoms with Crippen LogP contribution in [-0.2, 0) is 16.1 Å². The largest absolute Gasteiger partial charge is 0.354 e. The maximum absolute atomic E-state index is 13.1. The molecule has 0 radical (unpaired) electrons. The molecule has 0 saturated carbocycles. The Morgan fingerprint density at radius 1 is 1.07 bits per heavy atom. The molecule has 0 aromatic heterocycles. The quantitative estimate of drug-likeness (QED) is 0.335. The van der Waals surface area contributed by atoms with E-state index in [9.17, 15) is 9.59 Å². The number of rotatable bonds is 11. The van der Waals surface area contributed by atoms with E-state index in [1.807, 2.05) is 30.3 Å². The molecule has 2 aromatic rings. The summed E-state index contributed by atoms with van der Waals surface area (Å²) in [6, 6.07) is 14.5. The lowest BCUT2D eigenvalue weighted by atomic mass is 10.1. The average Bonchev–Trinajstić information content (AvgIpc) is 2.74. The molecule has 1 atom stereocenters. The molecule has 0 aliphatic heterocycles. The first-order chi connectivity index (χ1) is 14.4. The van der Waals surface area contributed by atoms with Crippen LogP contribution in [0.5, 0.6) is 0 Å². The Labute approximate surface area is 193 Å². The van der Waals surface area contributed by atoms with Crippen LogP contribution in [0.2, 0.25) is 10.0 Å². The Morgan fingerprint density at radius 3 is 2.37 bits per heavy atom. The van der Waals surface area contributed by atoms with Gasteiger partial charge in [0.15, 0.2) is 0 Å². The van der Waals surface area contributed by atoms with Crippen molar-refractivity contribution >= 4 is 46.8 Å². The van der Waals surface area contributed by atoms with Gasteiger partial charge < -0.3 is 10.2 Å². The third-order valence-electron chi connectivity index (χ3n) is 4.71. The Balaban J connectivity index is 2.10. The number of nitrogens with zero attached hydrogens (tertiary/aromatic N) is 1. The molecule has 0 unspecified atom stereocenters. The van der Waals surface area contributed by atoms with Crippen LogP contribution in [0.4, 0.5) is 0 Å². The van der Waals surface area contributed by atoms with Crippen LogP contribution in [0.15, 0.2) is 53.4 Å². The smallest absolute Gasteiger partial charge is 0.242 e. The highest BCUT2D eigenvalue weighted by atomic mass is 35.5. The molecule has 4 nitrogen and oxygen atoms in total. The number of hydrogen-bond acceptors (Lipinski definition) is 3. The molecular weight excluding hydrogens is 439 g/mol. The van der Waals surface area contributed by atoms with Gasteiger partial charge in [-0.1, -0.05) is 60.8 Å². The van der Waals surface area contributed by atoms with Crippen molar-refractivity contribution in [3.63, 3.8) is 0 Å². The molecular formula is C23H28Cl2N2O2S. The normalized spacial score (nSPS) is 11.7. The van der Waals surface area contributed by atoms with Gasteiger partial charge in [-0.25, -0.2) is 0 Å². The Kier molecular flexibility index (Phi) is 10.6. The third kappa shape index (κ3) is 7.53. The van der Waals surface area contributed by atoms with Gasteiger partial charge in [0.1, 0.15) is 6.04 Å². The van der Waals surface area contributed by atoms with Crippen LogP contribution in [0, 0.1) is 0 Å². The zero-order valence-electron chi connectivity index (χ0n) is 17.4. The van der Waals surface area contributed by atoms with Crippen molar-refractivity contribution in [3.8, 4) is 0 Å². The molecule has 0 fully saturated rings. The molecule has 2 amide bonds. The Morgan fingerprint density at radius 2 is 1.73 bits per heavy atom. The lowest BCUT2D eigenvalue weighted by Crippen LogP contribution is -2.48. The summed E-state index contributed by atoms with van der Waals surface area (Å²) >= 11 is 14.3. The minimum absolute atomic E-state index is 0.104. The Bertz CT molecular complexity index is 813. The number of nitrogens with one attached hydrogen (secondary N) is 1. The first kappa shape index (κ1) is 24.6. The zero-order valence-corrected chi connectivity index (χ0v) is 19.7. The van der Waals surface area contributed by atoms with Crippen LogP contribution in [-0.4, -0.2) is 35.1 Å². The lowest BCUT2D eigenvalue weighted by Gasteiger charge is -2.29. The van der Waals surface area contributed by atoms with Crippen LogP contribution in [0.25, 0.3) is 0 Å². The van der Waals surface area contributed by atoms with E-state index in [-0.39, 0.29) is 18.4 Å². The summed E-state index contributed by atoms with van der Waals surface area (Å²) in [5.41, 5.74) is 0.651. The first-order valence-electron chi connectivity index (χ1n) is 10.1. The number of benzene rings is 2. The van der Waals surface area contributed by atoms with E-state index in [1.165, 1.54) is 0 Å². The average molecular weight is 467 g/mol. The number of unbranched alkanes of at least 4 members (excludes halogenated alkanes) is 1. The zero-order chi connectivity index (χ0) is 21.9. The standard InChI is InChI=1S/C23H28Cl2N2O2S/c1-3-4-14-26-23(29)17(2)27(16-19-20(24)11-8-12-21(19)25)22(28)13-15-30-18-9-6-5-7-10-18/h5-12,17H,3-4,13-16H2,1-2H3,(H,26,29)/t17-/m1/s1. The van der Waals surface area contributed by atoms with Crippen LogP contribution in [0.1, 0.15) is 38.7 Å². The number of carbonyl (C=O) groups is 2. The summed E-state index contributed by atoms with van der Waals surface area (Å²) in [6.07, 6.45) is 2.20. The van der Waals surface area contributed by atoms with Gasteiger partial charge in [0.25, 0.3) is 0 Å². The maximum atomic E-state index is 13.1. The molecule has 2 rings (SSSR count). The van der Waals surface area contributed by atoms with Crippen molar-refractivity contribution in [2.45, 2.75) is 50.6 Å². The fourth-order valence-electron chi connectivity index (χ4n) is 2.89. The predicted octanol–water partition coefficient (Wildman–Crippen LogP) is 5.81. The van der Waals surface area contributed by atoms with Gasteiger partial charge in [0.2, 0.25) is 11.8 Å². The summed E-state index contributed by atoms with van der Waals surface area (Å²) in [7, 11) is 0. The molecule has 0 bridgehead atoms. The molecule has 1 N–H and O–H groups in total. The number of carbonyl (C=O) groups excluding carboxylic acids is 2. The monoisotopic (exact) mass is 466 g/mol. The molecule has 30 heavy (non-hydrogen) atoms. The molecule has 0 aliphatic carbocycles. The number of amides is 2. The van der Waals surface area contributed by atoms with E-state index in [0.717, 1.165) is 17.7 Å². The number of thioether (sulfide) groups is 1.